The first-order valence-corrected chi connectivity index (χ1v) is 4.02. The van der Waals surface area contributed by atoms with Gasteiger partial charge in [-0.3, -0.25) is 4.99 Å². The molecule has 12 heavy (non-hydrogen) atoms. The number of hydrogen-bond donors (Lipinski definition) is 1. The lowest BCUT2D eigenvalue weighted by atomic mass is 10.3. The van der Waals surface area contributed by atoms with Crippen molar-refractivity contribution >= 4 is 17.9 Å². The fourth-order valence-corrected chi connectivity index (χ4v) is 1.22. The number of aromatic amines is 1. The molecular weight excluding hydrogens is 148 g/mol. The topological polar surface area (TPSA) is 28.1 Å². The highest BCUT2D eigenvalue weighted by molar-refractivity contribution is 6.00. The fraction of sp³-hybridized carbons (Fsp3) is 0.300. The third kappa shape index (κ3) is 1.64. The molecule has 1 aromatic heterocycles. The Labute approximate surface area is 72.3 Å². The molecule has 0 spiro atoms. The van der Waals surface area contributed by atoms with Crippen LogP contribution in [-0.4, -0.2) is 18.2 Å². The summed E-state index contributed by atoms with van der Waals surface area (Å²) in [5, 5.41) is 2.38. The predicted octanol–water partition coefficient (Wildman–Crippen LogP) is 0.686. The first-order valence-electron chi connectivity index (χ1n) is 4.02. The molecule has 0 atom stereocenters. The Hall–Kier alpha value is -1.31. The lowest BCUT2D eigenvalue weighted by molar-refractivity contribution is 1.30. The molecule has 0 fully saturated rings. The normalized spacial score (nSPS) is 15.8. The van der Waals surface area contributed by atoms with Crippen LogP contribution in [0.1, 0.15) is 13.8 Å². The number of aliphatic imine (C=N–C) groups is 1. The fourth-order valence-electron chi connectivity index (χ4n) is 1.22. The summed E-state index contributed by atoms with van der Waals surface area (Å²) in [7, 11) is 1.78. The zero-order valence-electron chi connectivity index (χ0n) is 7.76. The smallest absolute Gasteiger partial charge is 0.0495 e. The van der Waals surface area contributed by atoms with Gasteiger partial charge in [-0.05, 0) is 30.7 Å². The Morgan fingerprint density at radius 2 is 2.33 bits per heavy atom. The van der Waals surface area contributed by atoms with Gasteiger partial charge in [0.1, 0.15) is 0 Å². The van der Waals surface area contributed by atoms with Crippen molar-refractivity contribution in [3.05, 3.63) is 22.8 Å². The highest BCUT2D eigenvalue weighted by Crippen LogP contribution is 1.80. The molecule has 1 aromatic rings. The third-order valence-electron chi connectivity index (χ3n) is 1.81. The van der Waals surface area contributed by atoms with Gasteiger partial charge in [0.15, 0.2) is 0 Å². The summed E-state index contributed by atoms with van der Waals surface area (Å²) in [5.74, 6) is 0. The summed E-state index contributed by atoms with van der Waals surface area (Å²) >= 11 is 0. The SMILES string of the molecule is C/C=c1\cc[nH]\c1=C(/C)C=NC. The summed E-state index contributed by atoms with van der Waals surface area (Å²) in [6, 6.07) is 2.06. The molecule has 1 N–H and O–H groups in total. The largest absolute Gasteiger partial charge is 0.361 e. The third-order valence-corrected chi connectivity index (χ3v) is 1.81. The van der Waals surface area contributed by atoms with Gasteiger partial charge < -0.3 is 4.98 Å². The minimum Gasteiger partial charge on any atom is -0.361 e. The van der Waals surface area contributed by atoms with Gasteiger partial charge in [-0.25, -0.2) is 0 Å². The van der Waals surface area contributed by atoms with Crippen molar-refractivity contribution in [2.75, 3.05) is 7.05 Å². The number of aromatic nitrogens is 1. The molecular formula is C10H14N2. The molecule has 0 saturated carbocycles. The number of rotatable bonds is 1. The van der Waals surface area contributed by atoms with E-state index in [0.717, 1.165) is 10.9 Å². The lowest BCUT2D eigenvalue weighted by Gasteiger charge is -1.86. The molecule has 0 radical (unpaired) electrons. The molecule has 1 heterocycles. The van der Waals surface area contributed by atoms with E-state index in [4.69, 9.17) is 0 Å². The van der Waals surface area contributed by atoms with E-state index < -0.39 is 0 Å². The molecule has 0 aliphatic heterocycles. The van der Waals surface area contributed by atoms with Gasteiger partial charge in [0.2, 0.25) is 0 Å². The van der Waals surface area contributed by atoms with Gasteiger partial charge in [-0.2, -0.15) is 0 Å². The highest BCUT2D eigenvalue weighted by Gasteiger charge is 1.88. The van der Waals surface area contributed by atoms with Gasteiger partial charge in [-0.1, -0.05) is 6.08 Å². The van der Waals surface area contributed by atoms with Gasteiger partial charge in [0.25, 0.3) is 0 Å². The molecule has 64 valence electrons. The first kappa shape index (κ1) is 8.78. The number of hydrogen-bond acceptors (Lipinski definition) is 1. The van der Waals surface area contributed by atoms with Crippen molar-refractivity contribution < 1.29 is 0 Å². The second kappa shape index (κ2) is 3.90. The molecule has 2 nitrogen and oxygen atoms in total. The van der Waals surface area contributed by atoms with Crippen molar-refractivity contribution in [3.8, 4) is 0 Å². The van der Waals surface area contributed by atoms with Crippen molar-refractivity contribution in [2.24, 2.45) is 4.99 Å². The summed E-state index contributed by atoms with van der Waals surface area (Å²) in [6.45, 7) is 4.08. The molecule has 0 aromatic carbocycles. The zero-order chi connectivity index (χ0) is 8.97. The lowest BCUT2D eigenvalue weighted by Crippen LogP contribution is -2.24. The van der Waals surface area contributed by atoms with Crippen LogP contribution in [0.25, 0.3) is 11.6 Å². The molecule has 0 aliphatic carbocycles. The average Bonchev–Trinajstić information content (AvgIpc) is 2.51. The van der Waals surface area contributed by atoms with E-state index in [9.17, 15) is 0 Å². The van der Waals surface area contributed by atoms with E-state index in [1.165, 1.54) is 5.22 Å². The second-order valence-corrected chi connectivity index (χ2v) is 2.67. The molecule has 0 unspecified atom stereocenters. The van der Waals surface area contributed by atoms with Crippen LogP contribution in [-0.2, 0) is 0 Å². The van der Waals surface area contributed by atoms with Crippen LogP contribution in [0.15, 0.2) is 17.3 Å². The van der Waals surface area contributed by atoms with E-state index in [1.807, 2.05) is 26.3 Å². The summed E-state index contributed by atoms with van der Waals surface area (Å²) < 4.78 is 0. The standard InChI is InChI=1S/C10H14N2/c1-4-9-5-6-12-10(9)8(2)7-11-3/h4-7,12H,1-3H3/b9-4+,10-8+,11-7?. The molecule has 0 saturated heterocycles. The number of H-pyrrole nitrogens is 1. The maximum atomic E-state index is 3.97. The minimum atomic E-state index is 1.16. The first-order chi connectivity index (χ1) is 5.79. The van der Waals surface area contributed by atoms with Crippen LogP contribution in [0.3, 0.4) is 0 Å². The highest BCUT2D eigenvalue weighted by atomic mass is 14.7. The van der Waals surface area contributed by atoms with E-state index in [1.54, 1.807) is 7.05 Å². The quantitative estimate of drug-likeness (QED) is 0.588. The van der Waals surface area contributed by atoms with E-state index in [-0.39, 0.29) is 0 Å². The predicted molar refractivity (Wildman–Crippen MR) is 53.7 cm³/mol. The van der Waals surface area contributed by atoms with Crippen LogP contribution < -0.4 is 10.6 Å². The Morgan fingerprint density at radius 3 is 2.92 bits per heavy atom. The van der Waals surface area contributed by atoms with Crippen molar-refractivity contribution in [1.82, 2.24) is 4.98 Å². The summed E-state index contributed by atoms with van der Waals surface area (Å²) in [5.41, 5.74) is 1.16. The second-order valence-electron chi connectivity index (χ2n) is 2.67. The summed E-state index contributed by atoms with van der Waals surface area (Å²) in [4.78, 5) is 7.15. The molecule has 0 amide bonds. The van der Waals surface area contributed by atoms with E-state index in [2.05, 4.69) is 22.1 Å². The van der Waals surface area contributed by atoms with Gasteiger partial charge >= 0.3 is 0 Å². The molecule has 0 aliphatic rings. The maximum Gasteiger partial charge on any atom is 0.0495 e. The minimum absolute atomic E-state index is 1.16. The van der Waals surface area contributed by atoms with Crippen molar-refractivity contribution in [2.45, 2.75) is 13.8 Å². The average molecular weight is 162 g/mol. The van der Waals surface area contributed by atoms with Crippen LogP contribution in [0.2, 0.25) is 0 Å². The zero-order valence-corrected chi connectivity index (χ0v) is 7.76. The number of nitrogens with zero attached hydrogens (tertiary/aromatic N) is 1. The van der Waals surface area contributed by atoms with Gasteiger partial charge in [0, 0.05) is 24.8 Å². The van der Waals surface area contributed by atoms with Crippen LogP contribution in [0.5, 0.6) is 0 Å². The maximum absolute atomic E-state index is 3.97. The Kier molecular flexibility index (Phi) is 2.86. The van der Waals surface area contributed by atoms with E-state index in [0.29, 0.717) is 0 Å². The Bertz CT molecular complexity index is 382. The van der Waals surface area contributed by atoms with Crippen molar-refractivity contribution in [1.29, 1.82) is 0 Å². The Morgan fingerprint density at radius 1 is 1.58 bits per heavy atom. The summed E-state index contributed by atoms with van der Waals surface area (Å²) in [6.07, 6.45) is 5.88. The van der Waals surface area contributed by atoms with Crippen molar-refractivity contribution in [3.63, 3.8) is 0 Å². The number of nitrogens with one attached hydrogen (secondary N) is 1. The van der Waals surface area contributed by atoms with Crippen LogP contribution in [0.4, 0.5) is 0 Å². The molecule has 2 heteroatoms. The van der Waals surface area contributed by atoms with Crippen LogP contribution in [0, 0.1) is 0 Å². The monoisotopic (exact) mass is 162 g/mol. The molecule has 1 rings (SSSR count). The van der Waals surface area contributed by atoms with E-state index >= 15 is 0 Å². The molecule has 0 bridgehead atoms. The Balaban J connectivity index is 3.44. The van der Waals surface area contributed by atoms with Crippen LogP contribution >= 0.6 is 0 Å². The van der Waals surface area contributed by atoms with Gasteiger partial charge in [0.05, 0.1) is 0 Å². The van der Waals surface area contributed by atoms with Gasteiger partial charge in [-0.15, -0.1) is 0 Å².